The lowest BCUT2D eigenvalue weighted by Crippen LogP contribution is -2.41. The van der Waals surface area contributed by atoms with Gasteiger partial charge in [-0.1, -0.05) is 12.1 Å². The molecule has 3 aliphatic rings. The maximum Gasteiger partial charge on any atom is 0.286 e. The molecule has 3 aliphatic heterocycles. The number of hydrogen-bond acceptors (Lipinski definition) is 5. The summed E-state index contributed by atoms with van der Waals surface area (Å²) < 4.78 is 11.7. The summed E-state index contributed by atoms with van der Waals surface area (Å²) in [5, 5.41) is 12.0. The lowest BCUT2D eigenvalue weighted by atomic mass is 9.73. The Labute approximate surface area is 164 Å². The number of fused-ring (bicyclic) bond motifs is 1. The van der Waals surface area contributed by atoms with Gasteiger partial charge in [0.25, 0.3) is 5.91 Å². The van der Waals surface area contributed by atoms with Crippen molar-refractivity contribution in [3.05, 3.63) is 59.5 Å². The maximum absolute atomic E-state index is 12.2. The van der Waals surface area contributed by atoms with Crippen molar-refractivity contribution in [3.8, 4) is 6.07 Å². The van der Waals surface area contributed by atoms with Gasteiger partial charge in [0.05, 0.1) is 29.6 Å². The van der Waals surface area contributed by atoms with Crippen LogP contribution in [0, 0.1) is 23.2 Å². The molecule has 6 nitrogen and oxygen atoms in total. The molecule has 4 heterocycles. The molecule has 1 N–H and O–H groups in total. The lowest BCUT2D eigenvalue weighted by Gasteiger charge is -2.29. The van der Waals surface area contributed by atoms with E-state index in [4.69, 9.17) is 14.4 Å². The largest absolute Gasteiger partial charge is 0.459 e. The number of benzene rings is 1. The predicted molar refractivity (Wildman–Crippen MR) is 101 cm³/mol. The van der Waals surface area contributed by atoms with Gasteiger partial charge < -0.3 is 14.5 Å². The molecule has 0 saturated carbocycles. The number of rotatable bonds is 5. The predicted octanol–water partition coefficient (Wildman–Crippen LogP) is 2.56. The second kappa shape index (κ2) is 6.77. The number of furan rings is 1. The highest BCUT2D eigenvalue weighted by atomic mass is 16.5. The first-order valence-electron chi connectivity index (χ1n) is 9.88. The number of nitrogens with one attached hydrogen (secondary N) is 1. The average Bonchev–Trinajstić information content (AvgIpc) is 3.47. The van der Waals surface area contributed by atoms with Crippen molar-refractivity contribution in [2.75, 3.05) is 19.6 Å². The van der Waals surface area contributed by atoms with Gasteiger partial charge in [-0.3, -0.25) is 9.69 Å². The van der Waals surface area contributed by atoms with E-state index in [1.54, 1.807) is 12.1 Å². The van der Waals surface area contributed by atoms with Crippen LogP contribution >= 0.6 is 0 Å². The number of ether oxygens (including phenoxy) is 1. The third-order valence-corrected chi connectivity index (χ3v) is 6.59. The highest BCUT2D eigenvalue weighted by molar-refractivity contribution is 5.91. The number of likely N-dealkylation sites (tertiary alicyclic amines) is 1. The molecular weight excluding hydrogens is 354 g/mol. The Morgan fingerprint density at radius 1 is 1.32 bits per heavy atom. The molecule has 0 radical (unpaired) electrons. The van der Waals surface area contributed by atoms with Crippen LogP contribution in [0.3, 0.4) is 0 Å². The van der Waals surface area contributed by atoms with E-state index in [1.165, 1.54) is 11.8 Å². The van der Waals surface area contributed by atoms with E-state index in [0.717, 1.165) is 32.5 Å². The highest BCUT2D eigenvalue weighted by Crippen LogP contribution is 2.54. The molecule has 3 saturated heterocycles. The molecule has 0 unspecified atom stereocenters. The maximum atomic E-state index is 12.2. The van der Waals surface area contributed by atoms with Crippen LogP contribution in [0.2, 0.25) is 0 Å². The van der Waals surface area contributed by atoms with E-state index in [2.05, 4.69) is 16.3 Å². The van der Waals surface area contributed by atoms with Crippen LogP contribution in [0.5, 0.6) is 0 Å². The number of nitriles is 1. The van der Waals surface area contributed by atoms with Crippen LogP contribution in [0.4, 0.5) is 0 Å². The van der Waals surface area contributed by atoms with Crippen LogP contribution in [0.1, 0.15) is 34.5 Å². The minimum absolute atomic E-state index is 0.0582. The Hall–Kier alpha value is -2.62. The SMILES string of the molecule is N#Cc1ccc(CN2C[C@@H]3[C@H](CNC(=O)c4ccco4)[C@H]4CC[C@]3(C2)O4)cc1. The van der Waals surface area contributed by atoms with Crippen LogP contribution in [-0.2, 0) is 11.3 Å². The van der Waals surface area contributed by atoms with Gasteiger partial charge in [-0.25, -0.2) is 0 Å². The first kappa shape index (κ1) is 17.5. The molecule has 144 valence electrons. The van der Waals surface area contributed by atoms with E-state index in [9.17, 15) is 4.79 Å². The standard InChI is InChI=1S/C22H23N3O3/c23-10-15-3-5-16(6-4-15)12-25-13-18-17(19-7-8-22(18,14-25)28-19)11-24-21(26)20-2-1-9-27-20/h1-6,9,17-19H,7-8,11-14H2,(H,24,26)/t17-,18+,19+,22+/m0/s1. The highest BCUT2D eigenvalue weighted by Gasteiger charge is 2.62. The molecule has 0 aliphatic carbocycles. The molecule has 1 spiro atoms. The number of nitrogens with zero attached hydrogens (tertiary/aromatic N) is 2. The third kappa shape index (κ3) is 2.92. The first-order valence-corrected chi connectivity index (χ1v) is 9.88. The van der Waals surface area contributed by atoms with E-state index in [1.807, 2.05) is 24.3 Å². The molecule has 3 fully saturated rings. The quantitative estimate of drug-likeness (QED) is 0.866. The van der Waals surface area contributed by atoms with Crippen molar-refractivity contribution >= 4 is 5.91 Å². The molecule has 1 aromatic carbocycles. The van der Waals surface area contributed by atoms with Gasteiger partial charge in [0.1, 0.15) is 0 Å². The molecule has 4 atom stereocenters. The minimum Gasteiger partial charge on any atom is -0.459 e. The molecular formula is C22H23N3O3. The Morgan fingerprint density at radius 2 is 2.18 bits per heavy atom. The summed E-state index contributed by atoms with van der Waals surface area (Å²) in [7, 11) is 0. The molecule has 2 bridgehead atoms. The van der Waals surface area contributed by atoms with E-state index in [-0.39, 0.29) is 17.6 Å². The fourth-order valence-electron chi connectivity index (χ4n) is 5.33. The smallest absolute Gasteiger partial charge is 0.286 e. The van der Waals surface area contributed by atoms with Crippen LogP contribution in [0.25, 0.3) is 0 Å². The van der Waals surface area contributed by atoms with Crippen molar-refractivity contribution < 1.29 is 13.9 Å². The first-order chi connectivity index (χ1) is 13.7. The molecule has 6 heteroatoms. The molecule has 1 aromatic heterocycles. The van der Waals surface area contributed by atoms with Crippen molar-refractivity contribution in [1.29, 1.82) is 5.26 Å². The van der Waals surface area contributed by atoms with E-state index < -0.39 is 0 Å². The summed E-state index contributed by atoms with van der Waals surface area (Å²) in [6.07, 6.45) is 3.94. The molecule has 28 heavy (non-hydrogen) atoms. The Morgan fingerprint density at radius 3 is 2.93 bits per heavy atom. The number of amides is 1. The zero-order valence-corrected chi connectivity index (χ0v) is 15.6. The second-order valence-corrected chi connectivity index (χ2v) is 8.20. The van der Waals surface area contributed by atoms with Gasteiger partial charge in [-0.15, -0.1) is 0 Å². The van der Waals surface area contributed by atoms with Gasteiger partial charge in [0.15, 0.2) is 5.76 Å². The monoisotopic (exact) mass is 377 g/mol. The van der Waals surface area contributed by atoms with Gasteiger partial charge in [0.2, 0.25) is 0 Å². The average molecular weight is 377 g/mol. The molecule has 1 amide bonds. The summed E-state index contributed by atoms with van der Waals surface area (Å²) in [5.74, 6) is 0.988. The third-order valence-electron chi connectivity index (χ3n) is 6.59. The number of carbonyl (C=O) groups is 1. The summed E-state index contributed by atoms with van der Waals surface area (Å²) in [6.45, 7) is 3.42. The zero-order valence-electron chi connectivity index (χ0n) is 15.6. The second-order valence-electron chi connectivity index (χ2n) is 8.20. The molecule has 2 aromatic rings. The number of carbonyl (C=O) groups excluding carboxylic acids is 1. The lowest BCUT2D eigenvalue weighted by molar-refractivity contribution is 0.00211. The van der Waals surface area contributed by atoms with Crippen LogP contribution in [-0.4, -0.2) is 42.1 Å². The Kier molecular flexibility index (Phi) is 4.22. The summed E-state index contributed by atoms with van der Waals surface area (Å²) >= 11 is 0. The minimum atomic E-state index is -0.158. The molecule has 5 rings (SSSR count). The number of hydrogen-bond donors (Lipinski definition) is 1. The summed E-state index contributed by atoms with van der Waals surface area (Å²) in [5.41, 5.74) is 1.85. The van der Waals surface area contributed by atoms with Gasteiger partial charge in [-0.2, -0.15) is 5.26 Å². The van der Waals surface area contributed by atoms with Gasteiger partial charge >= 0.3 is 0 Å². The summed E-state index contributed by atoms with van der Waals surface area (Å²) in [6, 6.07) is 13.4. The van der Waals surface area contributed by atoms with Crippen molar-refractivity contribution in [2.45, 2.75) is 31.1 Å². The summed E-state index contributed by atoms with van der Waals surface area (Å²) in [4.78, 5) is 14.7. The topological polar surface area (TPSA) is 78.5 Å². The Balaban J connectivity index is 1.24. The normalized spacial score (nSPS) is 30.9. The van der Waals surface area contributed by atoms with E-state index in [0.29, 0.717) is 29.7 Å². The fourth-order valence-corrected chi connectivity index (χ4v) is 5.33. The van der Waals surface area contributed by atoms with Gasteiger partial charge in [-0.05, 0) is 42.7 Å². The van der Waals surface area contributed by atoms with Gasteiger partial charge in [0, 0.05) is 38.0 Å². The fraction of sp³-hybridized carbons (Fsp3) is 0.455. The Bertz CT molecular complexity index is 902. The van der Waals surface area contributed by atoms with E-state index >= 15 is 0 Å². The van der Waals surface area contributed by atoms with Crippen molar-refractivity contribution in [2.24, 2.45) is 11.8 Å². The van der Waals surface area contributed by atoms with Crippen LogP contribution in [0.15, 0.2) is 47.1 Å². The van der Waals surface area contributed by atoms with Crippen LogP contribution < -0.4 is 5.32 Å². The van der Waals surface area contributed by atoms with Crippen molar-refractivity contribution in [3.63, 3.8) is 0 Å². The van der Waals surface area contributed by atoms with Crippen molar-refractivity contribution in [1.82, 2.24) is 10.2 Å². The zero-order chi connectivity index (χ0) is 19.1.